The zero-order valence-corrected chi connectivity index (χ0v) is 12.7. The van der Waals surface area contributed by atoms with Crippen molar-refractivity contribution in [2.75, 3.05) is 7.11 Å². The van der Waals surface area contributed by atoms with E-state index in [0.717, 1.165) is 19.3 Å². The summed E-state index contributed by atoms with van der Waals surface area (Å²) < 4.78 is 4.60. The first-order valence-electron chi connectivity index (χ1n) is 7.68. The van der Waals surface area contributed by atoms with E-state index in [0.29, 0.717) is 6.42 Å². The maximum atomic E-state index is 10.9. The van der Waals surface area contributed by atoms with Crippen LogP contribution in [-0.4, -0.2) is 13.1 Å². The topological polar surface area (TPSA) is 26.3 Å². The fourth-order valence-electron chi connectivity index (χ4n) is 1.84. The van der Waals surface area contributed by atoms with Gasteiger partial charge in [0.2, 0.25) is 0 Å². The summed E-state index contributed by atoms with van der Waals surface area (Å²) in [4.78, 5) is 10.9. The predicted octanol–water partition coefficient (Wildman–Crippen LogP) is 5.19. The van der Waals surface area contributed by atoms with Crippen molar-refractivity contribution in [2.24, 2.45) is 0 Å². The number of esters is 1. The summed E-state index contributed by atoms with van der Waals surface area (Å²) in [6.07, 6.45) is 20.1. The van der Waals surface area contributed by atoms with Crippen LogP contribution in [0.1, 0.15) is 71.1 Å². The second kappa shape index (κ2) is 15.0. The lowest BCUT2D eigenvalue weighted by molar-refractivity contribution is -0.140. The zero-order valence-electron chi connectivity index (χ0n) is 12.7. The Balaban J connectivity index is 3.18. The summed E-state index contributed by atoms with van der Waals surface area (Å²) >= 11 is 0. The van der Waals surface area contributed by atoms with Crippen LogP contribution in [0, 0.1) is 0 Å². The molecule has 0 unspecified atom stereocenters. The van der Waals surface area contributed by atoms with Gasteiger partial charge in [-0.1, -0.05) is 56.9 Å². The summed E-state index contributed by atoms with van der Waals surface area (Å²) in [6.45, 7) is 2.20. The second-order valence-electron chi connectivity index (χ2n) is 4.85. The molecule has 0 amide bonds. The highest BCUT2D eigenvalue weighted by atomic mass is 16.5. The highest BCUT2D eigenvalue weighted by Crippen LogP contribution is 2.08. The number of hydrogen-bond acceptors (Lipinski definition) is 2. The molecule has 2 heteroatoms. The lowest BCUT2D eigenvalue weighted by Crippen LogP contribution is -1.98. The molecule has 0 aromatic rings. The van der Waals surface area contributed by atoms with Gasteiger partial charge in [0.1, 0.15) is 0 Å². The molecule has 0 atom stereocenters. The first-order valence-corrected chi connectivity index (χ1v) is 7.68. The minimum atomic E-state index is -0.0842. The van der Waals surface area contributed by atoms with Crippen molar-refractivity contribution < 1.29 is 9.53 Å². The Morgan fingerprint density at radius 1 is 0.895 bits per heavy atom. The molecule has 0 aromatic heterocycles. The Morgan fingerprint density at radius 3 is 2.21 bits per heavy atom. The van der Waals surface area contributed by atoms with Gasteiger partial charge in [-0.3, -0.25) is 4.79 Å². The Morgan fingerprint density at radius 2 is 1.53 bits per heavy atom. The van der Waals surface area contributed by atoms with Gasteiger partial charge in [-0.05, 0) is 32.1 Å². The van der Waals surface area contributed by atoms with Gasteiger partial charge in [0.05, 0.1) is 7.11 Å². The third kappa shape index (κ3) is 14.9. The molecular weight excluding hydrogens is 236 g/mol. The Kier molecular flexibility index (Phi) is 14.2. The average Bonchev–Trinajstić information content (AvgIpc) is 2.43. The van der Waals surface area contributed by atoms with E-state index in [1.165, 1.54) is 45.6 Å². The summed E-state index contributed by atoms with van der Waals surface area (Å²) in [7, 11) is 1.45. The number of allylic oxidation sites excluding steroid dienone is 4. The minimum Gasteiger partial charge on any atom is -0.469 e. The third-order valence-electron chi connectivity index (χ3n) is 3.04. The number of rotatable bonds is 12. The monoisotopic (exact) mass is 266 g/mol. The highest BCUT2D eigenvalue weighted by molar-refractivity contribution is 5.68. The lowest BCUT2D eigenvalue weighted by Gasteiger charge is -1.99. The van der Waals surface area contributed by atoms with Crippen molar-refractivity contribution in [3.8, 4) is 0 Å². The number of hydrogen-bond donors (Lipinski definition) is 0. The van der Waals surface area contributed by atoms with Gasteiger partial charge in [-0.25, -0.2) is 0 Å². The molecule has 0 aromatic carbocycles. The lowest BCUT2D eigenvalue weighted by atomic mass is 10.1. The quantitative estimate of drug-likeness (QED) is 0.276. The molecule has 19 heavy (non-hydrogen) atoms. The van der Waals surface area contributed by atoms with Gasteiger partial charge < -0.3 is 4.74 Å². The van der Waals surface area contributed by atoms with Gasteiger partial charge in [-0.15, -0.1) is 0 Å². The molecule has 0 aliphatic carbocycles. The fourth-order valence-corrected chi connectivity index (χ4v) is 1.84. The normalized spacial score (nSPS) is 11.5. The molecule has 0 N–H and O–H groups in total. The molecule has 0 bridgehead atoms. The summed E-state index contributed by atoms with van der Waals surface area (Å²) in [6, 6.07) is 0. The van der Waals surface area contributed by atoms with Gasteiger partial charge in [-0.2, -0.15) is 0 Å². The first-order chi connectivity index (χ1) is 9.31. The Hall–Kier alpha value is -1.05. The number of ether oxygens (including phenoxy) is 1. The first kappa shape index (κ1) is 17.9. The van der Waals surface area contributed by atoms with E-state index in [1.54, 1.807) is 0 Å². The van der Waals surface area contributed by atoms with Crippen LogP contribution in [-0.2, 0) is 9.53 Å². The number of methoxy groups -OCH3 is 1. The van der Waals surface area contributed by atoms with Crippen molar-refractivity contribution >= 4 is 5.97 Å². The van der Waals surface area contributed by atoms with Crippen LogP contribution in [0.25, 0.3) is 0 Å². The molecule has 0 saturated carbocycles. The van der Waals surface area contributed by atoms with Crippen LogP contribution >= 0.6 is 0 Å². The fraction of sp³-hybridized carbons (Fsp3) is 0.706. The smallest absolute Gasteiger partial charge is 0.305 e. The summed E-state index contributed by atoms with van der Waals surface area (Å²) in [5.74, 6) is -0.0842. The van der Waals surface area contributed by atoms with Crippen molar-refractivity contribution in [1.82, 2.24) is 0 Å². The van der Waals surface area contributed by atoms with E-state index in [9.17, 15) is 4.79 Å². The maximum Gasteiger partial charge on any atom is 0.305 e. The summed E-state index contributed by atoms with van der Waals surface area (Å²) in [5.41, 5.74) is 0. The molecule has 0 rings (SSSR count). The highest BCUT2D eigenvalue weighted by Gasteiger charge is 1.98. The SMILES string of the molecule is CCC/C=C/C/C=C/CCCCCCCC(=O)OC. The van der Waals surface area contributed by atoms with Gasteiger partial charge in [0.25, 0.3) is 0 Å². The van der Waals surface area contributed by atoms with E-state index >= 15 is 0 Å². The third-order valence-corrected chi connectivity index (χ3v) is 3.04. The van der Waals surface area contributed by atoms with Gasteiger partial charge in [0, 0.05) is 6.42 Å². The molecule has 110 valence electrons. The zero-order chi connectivity index (χ0) is 14.2. The van der Waals surface area contributed by atoms with Crippen molar-refractivity contribution in [2.45, 2.75) is 71.1 Å². The van der Waals surface area contributed by atoms with Crippen LogP contribution in [0.3, 0.4) is 0 Å². The van der Waals surface area contributed by atoms with Crippen LogP contribution in [0.5, 0.6) is 0 Å². The van der Waals surface area contributed by atoms with Crippen molar-refractivity contribution in [3.05, 3.63) is 24.3 Å². The molecule has 2 nitrogen and oxygen atoms in total. The minimum absolute atomic E-state index is 0.0842. The molecule has 0 heterocycles. The van der Waals surface area contributed by atoms with Crippen molar-refractivity contribution in [3.63, 3.8) is 0 Å². The predicted molar refractivity (Wildman–Crippen MR) is 82.1 cm³/mol. The molecule has 0 aliphatic rings. The van der Waals surface area contributed by atoms with E-state index in [1.807, 2.05) is 0 Å². The largest absolute Gasteiger partial charge is 0.469 e. The Labute approximate surface area is 118 Å². The van der Waals surface area contributed by atoms with E-state index in [2.05, 4.69) is 36.0 Å². The van der Waals surface area contributed by atoms with Gasteiger partial charge in [0.15, 0.2) is 0 Å². The van der Waals surface area contributed by atoms with E-state index < -0.39 is 0 Å². The second-order valence-corrected chi connectivity index (χ2v) is 4.85. The van der Waals surface area contributed by atoms with E-state index in [-0.39, 0.29) is 5.97 Å². The molecule has 0 radical (unpaired) electrons. The Bertz CT molecular complexity index is 254. The molecular formula is C17H30O2. The van der Waals surface area contributed by atoms with Crippen molar-refractivity contribution in [1.29, 1.82) is 0 Å². The van der Waals surface area contributed by atoms with Crippen LogP contribution < -0.4 is 0 Å². The summed E-state index contributed by atoms with van der Waals surface area (Å²) in [5, 5.41) is 0. The standard InChI is InChI=1S/C17H30O2/c1-3-4-5-6-7-8-9-10-11-12-13-14-15-16-17(18)19-2/h5-6,8-9H,3-4,7,10-16H2,1-2H3/b6-5+,9-8+. The number of carbonyl (C=O) groups excluding carboxylic acids is 1. The van der Waals surface area contributed by atoms with E-state index in [4.69, 9.17) is 0 Å². The molecule has 0 fully saturated rings. The maximum absolute atomic E-state index is 10.9. The molecule has 0 spiro atoms. The van der Waals surface area contributed by atoms with Crippen LogP contribution in [0.4, 0.5) is 0 Å². The molecule has 0 aliphatic heterocycles. The molecule has 0 saturated heterocycles. The average molecular weight is 266 g/mol. The number of unbranched alkanes of at least 4 members (excludes halogenated alkanes) is 6. The van der Waals surface area contributed by atoms with Crippen LogP contribution in [0.2, 0.25) is 0 Å². The number of carbonyl (C=O) groups is 1. The van der Waals surface area contributed by atoms with Crippen LogP contribution in [0.15, 0.2) is 24.3 Å². The van der Waals surface area contributed by atoms with Gasteiger partial charge >= 0.3 is 5.97 Å².